The number of aromatic nitrogens is 2. The molecule has 0 aromatic carbocycles. The smallest absolute Gasteiger partial charge is 0.228 e. The summed E-state index contributed by atoms with van der Waals surface area (Å²) in [5, 5.41) is 7.55. The fourth-order valence-electron chi connectivity index (χ4n) is 3.25. The maximum absolute atomic E-state index is 5.84. The van der Waals surface area contributed by atoms with E-state index in [0.29, 0.717) is 6.04 Å². The van der Waals surface area contributed by atoms with E-state index >= 15 is 0 Å². The molecule has 0 bridgehead atoms. The summed E-state index contributed by atoms with van der Waals surface area (Å²) in [5.41, 5.74) is -0.335. The second-order valence-corrected chi connectivity index (χ2v) is 6.10. The van der Waals surface area contributed by atoms with Crippen LogP contribution in [0.15, 0.2) is 4.52 Å². The van der Waals surface area contributed by atoms with E-state index < -0.39 is 0 Å². The first-order valence-corrected chi connectivity index (χ1v) is 8.29. The van der Waals surface area contributed by atoms with Gasteiger partial charge in [0.15, 0.2) is 0 Å². The van der Waals surface area contributed by atoms with Crippen LogP contribution in [0.25, 0.3) is 0 Å². The lowest BCUT2D eigenvalue weighted by Crippen LogP contribution is -2.30. The molecule has 1 saturated carbocycles. The summed E-state index contributed by atoms with van der Waals surface area (Å²) in [4.78, 5) is 4.65. The highest BCUT2D eigenvalue weighted by Gasteiger charge is 2.37. The van der Waals surface area contributed by atoms with Gasteiger partial charge in [0, 0.05) is 19.6 Å². The van der Waals surface area contributed by atoms with Gasteiger partial charge in [-0.2, -0.15) is 4.98 Å². The third-order valence-corrected chi connectivity index (χ3v) is 4.64. The summed E-state index contributed by atoms with van der Waals surface area (Å²) in [7, 11) is 3.76. The van der Waals surface area contributed by atoms with Crippen molar-refractivity contribution >= 4 is 0 Å². The summed E-state index contributed by atoms with van der Waals surface area (Å²) in [6, 6.07) is 0.399. The van der Waals surface area contributed by atoms with E-state index in [2.05, 4.69) is 22.4 Å². The van der Waals surface area contributed by atoms with E-state index in [0.717, 1.165) is 43.8 Å². The van der Waals surface area contributed by atoms with Gasteiger partial charge in [-0.25, -0.2) is 0 Å². The number of hydrogen-bond donors (Lipinski definition) is 1. The number of nitrogens with zero attached hydrogens (tertiary/aromatic N) is 2. The Balaban J connectivity index is 2.09. The highest BCUT2D eigenvalue weighted by atomic mass is 16.5. The molecule has 1 aromatic rings. The summed E-state index contributed by atoms with van der Waals surface area (Å²) in [6.45, 7) is 2.19. The van der Waals surface area contributed by atoms with Gasteiger partial charge in [-0.05, 0) is 26.3 Å². The van der Waals surface area contributed by atoms with Gasteiger partial charge in [0.05, 0.1) is 0 Å². The van der Waals surface area contributed by atoms with E-state index in [1.54, 1.807) is 7.11 Å². The largest absolute Gasteiger partial charge is 0.370 e. The van der Waals surface area contributed by atoms with Crippen LogP contribution in [0.3, 0.4) is 0 Å². The van der Waals surface area contributed by atoms with Crippen molar-refractivity contribution in [2.75, 3.05) is 14.2 Å². The van der Waals surface area contributed by atoms with Crippen LogP contribution in [0, 0.1) is 0 Å². The first-order chi connectivity index (χ1) is 10.2. The number of likely N-dealkylation sites (N-methyl/N-ethyl adjacent to an activating group) is 1. The summed E-state index contributed by atoms with van der Waals surface area (Å²) >= 11 is 0. The molecule has 0 saturated heterocycles. The number of ether oxygens (including phenoxy) is 1. The molecule has 2 rings (SSSR count). The van der Waals surface area contributed by atoms with Gasteiger partial charge >= 0.3 is 0 Å². The van der Waals surface area contributed by atoms with E-state index in [9.17, 15) is 0 Å². The lowest BCUT2D eigenvalue weighted by molar-refractivity contribution is -0.0365. The molecule has 120 valence electrons. The minimum absolute atomic E-state index is 0.335. The van der Waals surface area contributed by atoms with Gasteiger partial charge < -0.3 is 14.6 Å². The molecule has 1 N–H and O–H groups in total. The summed E-state index contributed by atoms with van der Waals surface area (Å²) < 4.78 is 11.3. The topological polar surface area (TPSA) is 60.2 Å². The Morgan fingerprint density at radius 3 is 2.57 bits per heavy atom. The van der Waals surface area contributed by atoms with Crippen LogP contribution in [0.2, 0.25) is 0 Å². The Morgan fingerprint density at radius 2 is 2.00 bits per heavy atom. The minimum Gasteiger partial charge on any atom is -0.370 e. The van der Waals surface area contributed by atoms with Crippen LogP contribution in [0.5, 0.6) is 0 Å². The zero-order chi connectivity index (χ0) is 15.1. The summed E-state index contributed by atoms with van der Waals surface area (Å²) in [6.07, 6.45) is 9.93. The molecule has 0 radical (unpaired) electrons. The maximum atomic E-state index is 5.84. The number of hydrogen-bond acceptors (Lipinski definition) is 5. The fraction of sp³-hybridized carbons (Fsp3) is 0.875. The van der Waals surface area contributed by atoms with Crippen LogP contribution >= 0.6 is 0 Å². The van der Waals surface area contributed by atoms with E-state index in [-0.39, 0.29) is 5.60 Å². The lowest BCUT2D eigenvalue weighted by atomic mass is 9.93. The predicted octanol–water partition coefficient (Wildman–Crippen LogP) is 3.20. The normalized spacial score (nSPS) is 20.1. The molecule has 1 atom stereocenters. The zero-order valence-corrected chi connectivity index (χ0v) is 13.7. The number of rotatable bonds is 7. The second-order valence-electron chi connectivity index (χ2n) is 6.10. The van der Waals surface area contributed by atoms with E-state index in [1.165, 1.54) is 25.7 Å². The van der Waals surface area contributed by atoms with Gasteiger partial charge in [-0.3, -0.25) is 0 Å². The van der Waals surface area contributed by atoms with Crippen molar-refractivity contribution in [2.24, 2.45) is 0 Å². The van der Waals surface area contributed by atoms with Gasteiger partial charge in [0.1, 0.15) is 5.60 Å². The average molecular weight is 295 g/mol. The number of nitrogens with one attached hydrogen (secondary N) is 1. The van der Waals surface area contributed by atoms with E-state index in [4.69, 9.17) is 9.26 Å². The van der Waals surface area contributed by atoms with Crippen LogP contribution < -0.4 is 5.32 Å². The van der Waals surface area contributed by atoms with Crippen molar-refractivity contribution < 1.29 is 9.26 Å². The lowest BCUT2D eigenvalue weighted by Gasteiger charge is -2.27. The van der Waals surface area contributed by atoms with Crippen molar-refractivity contribution in [3.8, 4) is 0 Å². The molecule has 0 aliphatic heterocycles. The highest BCUT2D eigenvalue weighted by molar-refractivity contribution is 5.03. The highest BCUT2D eigenvalue weighted by Crippen LogP contribution is 2.37. The molecular weight excluding hydrogens is 266 g/mol. The maximum Gasteiger partial charge on any atom is 0.228 e. The van der Waals surface area contributed by atoms with Crippen molar-refractivity contribution in [3.05, 3.63) is 11.7 Å². The van der Waals surface area contributed by atoms with Crippen LogP contribution in [0.1, 0.15) is 70.0 Å². The molecule has 0 amide bonds. The van der Waals surface area contributed by atoms with Crippen LogP contribution in [0.4, 0.5) is 0 Å². The second kappa shape index (κ2) is 7.90. The van der Waals surface area contributed by atoms with Crippen molar-refractivity contribution in [1.29, 1.82) is 0 Å². The van der Waals surface area contributed by atoms with Gasteiger partial charge in [-0.1, -0.05) is 44.2 Å². The molecular formula is C16H29N3O2. The Bertz CT molecular complexity index is 411. The molecule has 1 heterocycles. The Hall–Kier alpha value is -0.940. The predicted molar refractivity (Wildman–Crippen MR) is 82.1 cm³/mol. The first-order valence-electron chi connectivity index (χ1n) is 8.29. The molecule has 0 spiro atoms. The zero-order valence-electron chi connectivity index (χ0n) is 13.7. The van der Waals surface area contributed by atoms with Crippen molar-refractivity contribution in [3.63, 3.8) is 0 Å². The molecule has 1 fully saturated rings. The SMILES string of the molecule is CCCC(Cc1nc(C2(OC)CCCCCC2)no1)NC. The summed E-state index contributed by atoms with van der Waals surface area (Å²) in [5.74, 6) is 1.46. The third kappa shape index (κ3) is 4.04. The van der Waals surface area contributed by atoms with Gasteiger partial charge in [0.2, 0.25) is 11.7 Å². The molecule has 1 aliphatic carbocycles. The van der Waals surface area contributed by atoms with Crippen molar-refractivity contribution in [2.45, 2.75) is 76.4 Å². The molecule has 5 heteroatoms. The quantitative estimate of drug-likeness (QED) is 0.783. The van der Waals surface area contributed by atoms with Crippen LogP contribution in [-0.2, 0) is 16.8 Å². The van der Waals surface area contributed by atoms with Crippen molar-refractivity contribution in [1.82, 2.24) is 15.5 Å². The fourth-order valence-corrected chi connectivity index (χ4v) is 3.25. The molecule has 21 heavy (non-hydrogen) atoms. The molecule has 1 aliphatic rings. The Labute approximate surface area is 127 Å². The number of methoxy groups -OCH3 is 1. The van der Waals surface area contributed by atoms with E-state index in [1.807, 2.05) is 7.05 Å². The van der Waals surface area contributed by atoms with Gasteiger partial charge in [0.25, 0.3) is 0 Å². The molecule has 1 unspecified atom stereocenters. The Morgan fingerprint density at radius 1 is 1.29 bits per heavy atom. The monoisotopic (exact) mass is 295 g/mol. The molecule has 1 aromatic heterocycles. The average Bonchev–Trinajstić information content (AvgIpc) is 2.84. The molecule has 5 nitrogen and oxygen atoms in total. The standard InChI is InChI=1S/C16H29N3O2/c1-4-9-13(17-2)12-14-18-15(19-21-14)16(20-3)10-7-5-6-8-11-16/h13,17H,4-12H2,1-3H3. The van der Waals surface area contributed by atoms with Crippen LogP contribution in [-0.4, -0.2) is 30.3 Å². The Kier molecular flexibility index (Phi) is 6.18. The minimum atomic E-state index is -0.335. The van der Waals surface area contributed by atoms with Gasteiger partial charge in [-0.15, -0.1) is 0 Å². The first kappa shape index (κ1) is 16.4. The third-order valence-electron chi connectivity index (χ3n) is 4.64.